The molecule has 0 amide bonds. The van der Waals surface area contributed by atoms with Gasteiger partial charge in [-0.2, -0.15) is 0 Å². The second-order valence-corrected chi connectivity index (χ2v) is 9.95. The van der Waals surface area contributed by atoms with Crippen molar-refractivity contribution in [2.75, 3.05) is 0 Å². The van der Waals surface area contributed by atoms with Crippen LogP contribution in [0, 0.1) is 6.92 Å². The first-order valence-corrected chi connectivity index (χ1v) is 10.1. The monoisotopic (exact) mass is 310 g/mol. The third kappa shape index (κ3) is 2.77. The van der Waals surface area contributed by atoms with Crippen LogP contribution < -0.4 is 0 Å². The van der Waals surface area contributed by atoms with Crippen LogP contribution in [0.1, 0.15) is 5.56 Å². The maximum Gasteiger partial charge on any atom is 0.00133 e. The van der Waals surface area contributed by atoms with Gasteiger partial charge >= 0.3 is 0 Å². The smallest absolute Gasteiger partial charge is 0.00133 e. The van der Waals surface area contributed by atoms with E-state index in [1.54, 1.807) is 0 Å². The molecule has 0 aliphatic carbocycles. The maximum atomic E-state index is 3.16. The van der Waals surface area contributed by atoms with Gasteiger partial charge in [-0.3, -0.25) is 0 Å². The van der Waals surface area contributed by atoms with Gasteiger partial charge in [-0.15, -0.1) is 9.65 Å². The summed E-state index contributed by atoms with van der Waals surface area (Å²) in [5.41, 5.74) is 1.30. The number of aryl methyl sites for hydroxylation is 1. The fraction of sp³-hybridized carbons (Fsp3) is 0.0526. The standard InChI is InChI=1S/C19H19PS/c1-16-12-14-19(15-13-16)21(20,17-8-4-2-5-9-17)18-10-6-3-7-11-18/h2-15H,20H2,1H3. The van der Waals surface area contributed by atoms with Gasteiger partial charge in [-0.25, -0.2) is 0 Å². The molecule has 0 saturated heterocycles. The first kappa shape index (κ1) is 14.4. The fourth-order valence-corrected chi connectivity index (χ4v) is 6.40. The van der Waals surface area contributed by atoms with Crippen LogP contribution in [0.3, 0.4) is 0 Å². The average molecular weight is 310 g/mol. The second kappa shape index (κ2) is 6.05. The molecule has 0 heterocycles. The summed E-state index contributed by atoms with van der Waals surface area (Å²) in [6, 6.07) is 30.5. The van der Waals surface area contributed by atoms with Crippen molar-refractivity contribution in [3.63, 3.8) is 0 Å². The van der Waals surface area contributed by atoms with E-state index >= 15 is 0 Å². The van der Waals surface area contributed by atoms with E-state index in [-0.39, 0.29) is 0 Å². The summed E-state index contributed by atoms with van der Waals surface area (Å²) < 4.78 is 0. The first-order valence-electron chi connectivity index (χ1n) is 6.99. The molecule has 0 aromatic heterocycles. The van der Waals surface area contributed by atoms with E-state index in [2.05, 4.69) is 100 Å². The summed E-state index contributed by atoms with van der Waals surface area (Å²) in [5.74, 6) is 0. The predicted molar refractivity (Wildman–Crippen MR) is 96.2 cm³/mol. The molecular formula is C19H19PS. The molecule has 0 nitrogen and oxygen atoms in total. The second-order valence-electron chi connectivity index (χ2n) is 5.10. The van der Waals surface area contributed by atoms with Crippen molar-refractivity contribution in [2.45, 2.75) is 21.6 Å². The lowest BCUT2D eigenvalue weighted by atomic mass is 10.2. The van der Waals surface area contributed by atoms with Gasteiger partial charge < -0.3 is 0 Å². The van der Waals surface area contributed by atoms with Gasteiger partial charge in [0, 0.05) is 14.7 Å². The largest absolute Gasteiger partial charge is 0.145 e. The predicted octanol–water partition coefficient (Wildman–Crippen LogP) is 6.07. The van der Waals surface area contributed by atoms with Crippen LogP contribution >= 0.6 is 18.1 Å². The van der Waals surface area contributed by atoms with E-state index in [0.717, 1.165) is 0 Å². The Morgan fingerprint density at radius 3 is 1.38 bits per heavy atom. The van der Waals surface area contributed by atoms with Gasteiger partial charge in [0.25, 0.3) is 0 Å². The number of benzene rings is 3. The van der Waals surface area contributed by atoms with Crippen molar-refractivity contribution in [1.82, 2.24) is 0 Å². The average Bonchev–Trinajstić information content (AvgIpc) is 2.56. The van der Waals surface area contributed by atoms with E-state index in [0.29, 0.717) is 0 Å². The molecule has 3 aromatic rings. The van der Waals surface area contributed by atoms with Crippen LogP contribution in [0.25, 0.3) is 0 Å². The van der Waals surface area contributed by atoms with Gasteiger partial charge in [-0.05, 0) is 43.3 Å². The minimum Gasteiger partial charge on any atom is -0.145 e. The van der Waals surface area contributed by atoms with E-state index in [4.69, 9.17) is 0 Å². The lowest BCUT2D eigenvalue weighted by molar-refractivity contribution is 1.30. The van der Waals surface area contributed by atoms with Crippen LogP contribution in [-0.2, 0) is 0 Å². The molecule has 0 spiro atoms. The molecular weight excluding hydrogens is 291 g/mol. The molecule has 3 rings (SSSR count). The third-order valence-electron chi connectivity index (χ3n) is 3.62. The van der Waals surface area contributed by atoms with E-state index in [1.165, 1.54) is 20.2 Å². The molecule has 0 bridgehead atoms. The summed E-state index contributed by atoms with van der Waals surface area (Å²) in [6.07, 6.45) is 0. The number of hydrogen-bond donors (Lipinski definition) is 0. The van der Waals surface area contributed by atoms with Crippen molar-refractivity contribution in [2.24, 2.45) is 0 Å². The Balaban J connectivity index is 2.23. The molecule has 21 heavy (non-hydrogen) atoms. The van der Waals surface area contributed by atoms with Crippen LogP contribution in [0.5, 0.6) is 0 Å². The summed E-state index contributed by atoms with van der Waals surface area (Å²) in [6.45, 7) is 2.13. The van der Waals surface area contributed by atoms with Gasteiger partial charge in [-0.1, -0.05) is 62.5 Å². The Morgan fingerprint density at radius 2 is 0.952 bits per heavy atom. The first-order chi connectivity index (χ1) is 10.2. The van der Waals surface area contributed by atoms with Crippen molar-refractivity contribution in [3.8, 4) is 0 Å². The molecule has 0 aliphatic rings. The van der Waals surface area contributed by atoms with E-state index in [1.807, 2.05) is 0 Å². The van der Waals surface area contributed by atoms with Crippen molar-refractivity contribution in [1.29, 1.82) is 0 Å². The zero-order valence-corrected chi connectivity index (χ0v) is 14.0. The van der Waals surface area contributed by atoms with Crippen molar-refractivity contribution < 1.29 is 0 Å². The molecule has 1 unspecified atom stereocenters. The topological polar surface area (TPSA) is 0 Å². The minimum atomic E-state index is -1.28. The Bertz CT molecular complexity index is 666. The highest BCUT2D eigenvalue weighted by Gasteiger charge is 2.25. The summed E-state index contributed by atoms with van der Waals surface area (Å²) in [4.78, 5) is 4.10. The molecule has 0 fully saturated rings. The highest BCUT2D eigenvalue weighted by atomic mass is 32.8. The highest BCUT2D eigenvalue weighted by Crippen LogP contribution is 2.73. The third-order valence-corrected chi connectivity index (χ3v) is 9.12. The molecule has 106 valence electrons. The SMILES string of the molecule is Cc1ccc(S(P)(c2ccccc2)c2ccccc2)cc1. The Kier molecular flexibility index (Phi) is 4.14. The molecule has 0 aliphatic heterocycles. The Labute approximate surface area is 130 Å². The molecule has 2 heteroatoms. The van der Waals surface area contributed by atoms with Crippen LogP contribution in [0.4, 0.5) is 0 Å². The molecule has 0 saturated carbocycles. The number of hydrogen-bond acceptors (Lipinski definition) is 0. The Morgan fingerprint density at radius 1 is 0.571 bits per heavy atom. The lowest BCUT2D eigenvalue weighted by Crippen LogP contribution is -1.96. The van der Waals surface area contributed by atoms with Gasteiger partial charge in [0.05, 0.1) is 0 Å². The minimum absolute atomic E-state index is 1.28. The van der Waals surface area contributed by atoms with Crippen LogP contribution in [0.2, 0.25) is 0 Å². The van der Waals surface area contributed by atoms with E-state index in [9.17, 15) is 0 Å². The Hall–Kier alpha value is -1.56. The van der Waals surface area contributed by atoms with Crippen molar-refractivity contribution >= 4 is 18.1 Å². The summed E-state index contributed by atoms with van der Waals surface area (Å²) >= 11 is 0. The highest BCUT2D eigenvalue weighted by molar-refractivity contribution is 8.68. The van der Waals surface area contributed by atoms with Crippen LogP contribution in [0.15, 0.2) is 99.6 Å². The molecule has 3 aromatic carbocycles. The molecule has 0 radical (unpaired) electrons. The molecule has 1 atom stereocenters. The van der Waals surface area contributed by atoms with E-state index < -0.39 is 9.65 Å². The number of rotatable bonds is 3. The van der Waals surface area contributed by atoms with Crippen LogP contribution in [-0.4, -0.2) is 0 Å². The van der Waals surface area contributed by atoms with Crippen molar-refractivity contribution in [3.05, 3.63) is 90.5 Å². The summed E-state index contributed by atoms with van der Waals surface area (Å²) in [5, 5.41) is 0. The lowest BCUT2D eigenvalue weighted by Gasteiger charge is -2.37. The zero-order chi connectivity index (χ0) is 14.7. The fourth-order valence-electron chi connectivity index (χ4n) is 2.43. The normalized spacial score (nSPS) is 12.1. The maximum absolute atomic E-state index is 3.16. The zero-order valence-electron chi connectivity index (χ0n) is 12.1. The van der Waals surface area contributed by atoms with Gasteiger partial charge in [0.15, 0.2) is 0 Å². The summed E-state index contributed by atoms with van der Waals surface area (Å²) in [7, 11) is 1.88. The molecule has 0 N–H and O–H groups in total. The van der Waals surface area contributed by atoms with Gasteiger partial charge in [0.1, 0.15) is 0 Å². The quantitative estimate of drug-likeness (QED) is 0.515. The van der Waals surface area contributed by atoms with Gasteiger partial charge in [0.2, 0.25) is 0 Å².